The number of amides is 1. The molecule has 0 fully saturated rings. The number of hydrogen-bond donors (Lipinski definition) is 2. The van der Waals surface area contributed by atoms with E-state index in [-0.39, 0.29) is 5.69 Å². The fourth-order valence-electron chi connectivity index (χ4n) is 3.47. The Morgan fingerprint density at radius 1 is 1.18 bits per heavy atom. The molecule has 0 aliphatic carbocycles. The van der Waals surface area contributed by atoms with Gasteiger partial charge in [0, 0.05) is 28.3 Å². The Morgan fingerprint density at radius 2 is 1.94 bits per heavy atom. The molecule has 2 aromatic carbocycles. The molecule has 2 heterocycles. The van der Waals surface area contributed by atoms with Crippen molar-refractivity contribution in [2.75, 3.05) is 5.32 Å². The van der Waals surface area contributed by atoms with E-state index in [0.717, 1.165) is 17.7 Å². The van der Waals surface area contributed by atoms with Gasteiger partial charge in [0.1, 0.15) is 0 Å². The van der Waals surface area contributed by atoms with E-state index in [2.05, 4.69) is 10.3 Å². The van der Waals surface area contributed by atoms with E-state index >= 15 is 0 Å². The molecule has 170 valence electrons. The minimum atomic E-state index is -4.43. The Hall–Kier alpha value is -3.30. The van der Waals surface area contributed by atoms with Crippen LogP contribution in [0.2, 0.25) is 5.02 Å². The van der Waals surface area contributed by atoms with Crippen LogP contribution >= 0.6 is 22.9 Å². The number of alkyl halides is 3. The van der Waals surface area contributed by atoms with Crippen molar-refractivity contribution in [3.63, 3.8) is 0 Å². The Morgan fingerprint density at radius 3 is 2.64 bits per heavy atom. The summed E-state index contributed by atoms with van der Waals surface area (Å²) in [6, 6.07) is 13.9. The zero-order chi connectivity index (χ0) is 23.8. The van der Waals surface area contributed by atoms with Gasteiger partial charge >= 0.3 is 6.18 Å². The highest BCUT2D eigenvalue weighted by molar-refractivity contribution is 7.14. The van der Waals surface area contributed by atoms with Crippen LogP contribution in [0.4, 0.5) is 24.0 Å². The summed E-state index contributed by atoms with van der Waals surface area (Å²) in [6.45, 7) is 2.23. The smallest absolute Gasteiger partial charge is 0.366 e. The number of carbonyl (C=O) groups excluding carboxylic acids is 1. The van der Waals surface area contributed by atoms with Crippen molar-refractivity contribution in [2.45, 2.75) is 19.6 Å². The molecule has 0 saturated heterocycles. The Balaban J connectivity index is 1.67. The van der Waals surface area contributed by atoms with Crippen molar-refractivity contribution >= 4 is 39.7 Å². The second kappa shape index (κ2) is 8.92. The molecule has 2 aromatic heterocycles. The van der Waals surface area contributed by atoms with Crippen molar-refractivity contribution in [1.82, 2.24) is 9.55 Å². The van der Waals surface area contributed by atoms with Gasteiger partial charge in [-0.15, -0.1) is 11.3 Å². The minimum absolute atomic E-state index is 0.272. The number of nitrogens with two attached hydrogens (primary N) is 1. The first-order chi connectivity index (χ1) is 15.6. The van der Waals surface area contributed by atoms with Crippen molar-refractivity contribution in [1.29, 1.82) is 0 Å². The number of hydrogen-bond acceptors (Lipinski definition) is 4. The molecular weight excluding hydrogens is 473 g/mol. The molecule has 0 saturated carbocycles. The molecule has 4 aromatic rings. The minimum Gasteiger partial charge on any atom is -0.366 e. The van der Waals surface area contributed by atoms with Gasteiger partial charge in [-0.2, -0.15) is 13.2 Å². The molecule has 4 rings (SSSR count). The topological polar surface area (TPSA) is 72.9 Å². The molecule has 3 N–H and O–H groups in total. The number of benzene rings is 2. The maximum atomic E-state index is 13.0. The van der Waals surface area contributed by atoms with Crippen LogP contribution in [0, 0.1) is 6.92 Å². The molecule has 0 aliphatic rings. The van der Waals surface area contributed by atoms with Crippen LogP contribution in [0.15, 0.2) is 60.0 Å². The number of rotatable bonds is 6. The van der Waals surface area contributed by atoms with Crippen LogP contribution in [-0.2, 0) is 12.7 Å². The number of primary amides is 1. The van der Waals surface area contributed by atoms with Crippen molar-refractivity contribution < 1.29 is 18.0 Å². The number of anilines is 2. The molecule has 1 amide bonds. The van der Waals surface area contributed by atoms with Crippen LogP contribution in [0.3, 0.4) is 0 Å². The summed E-state index contributed by atoms with van der Waals surface area (Å²) < 4.78 is 40.9. The summed E-state index contributed by atoms with van der Waals surface area (Å²) >= 11 is 7.35. The Labute approximate surface area is 196 Å². The molecule has 5 nitrogen and oxygen atoms in total. The van der Waals surface area contributed by atoms with Crippen LogP contribution in [0.1, 0.15) is 27.2 Å². The number of thiazole rings is 1. The van der Waals surface area contributed by atoms with E-state index in [1.165, 1.54) is 23.5 Å². The van der Waals surface area contributed by atoms with E-state index in [4.69, 9.17) is 17.3 Å². The summed E-state index contributed by atoms with van der Waals surface area (Å²) in [5, 5.41) is 5.69. The predicted molar refractivity (Wildman–Crippen MR) is 124 cm³/mol. The normalized spacial score (nSPS) is 11.5. The molecule has 10 heteroatoms. The van der Waals surface area contributed by atoms with E-state index in [1.807, 2.05) is 22.8 Å². The summed E-state index contributed by atoms with van der Waals surface area (Å²) in [4.78, 5) is 16.5. The van der Waals surface area contributed by atoms with Crippen LogP contribution in [0.5, 0.6) is 0 Å². The molecular formula is C23H18ClF3N4OS. The molecule has 0 spiro atoms. The van der Waals surface area contributed by atoms with Crippen molar-refractivity contribution in [3.05, 3.63) is 87.4 Å². The number of halogens is 4. The van der Waals surface area contributed by atoms with E-state index in [0.29, 0.717) is 39.3 Å². The molecule has 33 heavy (non-hydrogen) atoms. The summed E-state index contributed by atoms with van der Waals surface area (Å²) in [6.07, 6.45) is -4.43. The number of nitrogens with one attached hydrogen (secondary N) is 1. The number of nitrogens with zero attached hydrogens (tertiary/aromatic N) is 2. The number of carbonyl (C=O) groups is 1. The van der Waals surface area contributed by atoms with Gasteiger partial charge < -0.3 is 15.6 Å². The molecule has 0 radical (unpaired) electrons. The second-order valence-corrected chi connectivity index (χ2v) is 8.64. The van der Waals surface area contributed by atoms with Crippen LogP contribution in [0.25, 0.3) is 11.4 Å². The first kappa shape index (κ1) is 22.9. The highest BCUT2D eigenvalue weighted by atomic mass is 35.5. The highest BCUT2D eigenvalue weighted by Crippen LogP contribution is 2.34. The first-order valence-electron chi connectivity index (χ1n) is 9.76. The lowest BCUT2D eigenvalue weighted by Gasteiger charge is -2.11. The van der Waals surface area contributed by atoms with Gasteiger partial charge in [0.05, 0.1) is 22.5 Å². The van der Waals surface area contributed by atoms with Gasteiger partial charge in [-0.05, 0) is 48.9 Å². The average Bonchev–Trinajstić information content (AvgIpc) is 3.32. The van der Waals surface area contributed by atoms with Crippen molar-refractivity contribution in [3.8, 4) is 11.4 Å². The first-order valence-corrected chi connectivity index (χ1v) is 11.0. The molecule has 0 bridgehead atoms. The highest BCUT2D eigenvalue weighted by Gasteiger charge is 2.30. The third-order valence-electron chi connectivity index (χ3n) is 5.07. The Bertz CT molecular complexity index is 1330. The fourth-order valence-corrected chi connectivity index (χ4v) is 4.41. The maximum Gasteiger partial charge on any atom is 0.416 e. The average molecular weight is 491 g/mol. The fraction of sp³-hybridized carbons (Fsp3) is 0.130. The van der Waals surface area contributed by atoms with Gasteiger partial charge in [0.15, 0.2) is 5.13 Å². The summed E-state index contributed by atoms with van der Waals surface area (Å²) in [5.41, 5.74) is 8.27. The lowest BCUT2D eigenvalue weighted by molar-refractivity contribution is -0.137. The van der Waals surface area contributed by atoms with Crippen LogP contribution in [-0.4, -0.2) is 15.5 Å². The lowest BCUT2D eigenvalue weighted by atomic mass is 10.2. The predicted octanol–water partition coefficient (Wildman–Crippen LogP) is 6.48. The summed E-state index contributed by atoms with van der Waals surface area (Å²) in [5.74, 6) is -0.559. The largest absolute Gasteiger partial charge is 0.416 e. The molecule has 0 aliphatic heterocycles. The van der Waals surface area contributed by atoms with E-state index in [9.17, 15) is 18.0 Å². The zero-order valence-corrected chi connectivity index (χ0v) is 18.9. The van der Waals surface area contributed by atoms with Crippen LogP contribution < -0.4 is 11.1 Å². The quantitative estimate of drug-likeness (QED) is 0.325. The lowest BCUT2D eigenvalue weighted by Crippen LogP contribution is -2.12. The van der Waals surface area contributed by atoms with E-state index in [1.54, 1.807) is 24.4 Å². The third kappa shape index (κ3) is 5.04. The number of aromatic nitrogens is 2. The van der Waals surface area contributed by atoms with Gasteiger partial charge in [-0.1, -0.05) is 29.8 Å². The van der Waals surface area contributed by atoms with E-state index < -0.39 is 17.6 Å². The van der Waals surface area contributed by atoms with Crippen molar-refractivity contribution in [2.24, 2.45) is 5.73 Å². The maximum absolute atomic E-state index is 13.0. The van der Waals surface area contributed by atoms with Gasteiger partial charge in [0.2, 0.25) is 0 Å². The Kier molecular flexibility index (Phi) is 6.18. The second-order valence-electron chi connectivity index (χ2n) is 7.35. The SMILES string of the molecule is Cc1c(C(N)=O)cc(-c2csc(Nc3cccc(C(F)(F)F)c3)n2)n1Cc1cccc(Cl)c1. The third-order valence-corrected chi connectivity index (χ3v) is 6.06. The molecule has 0 atom stereocenters. The molecule has 0 unspecified atom stereocenters. The summed E-state index contributed by atoms with van der Waals surface area (Å²) in [7, 11) is 0. The zero-order valence-electron chi connectivity index (χ0n) is 17.3. The standard InChI is InChI=1S/C23H18ClF3N4OS/c1-13-18(21(28)32)10-20(31(13)11-14-4-2-6-16(24)8-14)19-12-33-22(30-19)29-17-7-3-5-15(9-17)23(25,26)27/h2-10,12H,11H2,1H3,(H2,28,32)(H,29,30). The van der Waals surface area contributed by atoms with Gasteiger partial charge in [-0.25, -0.2) is 4.98 Å². The van der Waals surface area contributed by atoms with Gasteiger partial charge in [-0.3, -0.25) is 4.79 Å². The monoisotopic (exact) mass is 490 g/mol. The van der Waals surface area contributed by atoms with Gasteiger partial charge in [0.25, 0.3) is 5.91 Å².